The Balaban J connectivity index is 3.18. The molecule has 0 atom stereocenters. The van der Waals surface area contributed by atoms with Gasteiger partial charge in [-0.2, -0.15) is 8.42 Å². The Morgan fingerprint density at radius 2 is 1.44 bits per heavy atom. The predicted octanol–water partition coefficient (Wildman–Crippen LogP) is -0.0643. The summed E-state index contributed by atoms with van der Waals surface area (Å²) < 4.78 is 31.1. The molecule has 5 N–H and O–H groups in total. The number of hydrogen-bond acceptors (Lipinski definition) is 4. The van der Waals surface area contributed by atoms with Crippen LogP contribution in [0.4, 0.5) is 0 Å². The summed E-state index contributed by atoms with van der Waals surface area (Å²) in [5, 5.41) is 0. The maximum absolute atomic E-state index is 11.0. The monoisotopic (exact) mass is 244 g/mol. The number of rotatable bonds is 5. The Labute approximate surface area is 95.2 Å². The van der Waals surface area contributed by atoms with E-state index in [2.05, 4.69) is 0 Å². The third-order valence-electron chi connectivity index (χ3n) is 2.19. The Morgan fingerprint density at radius 3 is 1.75 bits per heavy atom. The highest BCUT2D eigenvalue weighted by Crippen LogP contribution is 2.15. The fourth-order valence-corrected chi connectivity index (χ4v) is 2.10. The van der Waals surface area contributed by atoms with Gasteiger partial charge in [0.1, 0.15) is 0 Å². The zero-order valence-corrected chi connectivity index (χ0v) is 9.70. The molecule has 0 spiro atoms. The van der Waals surface area contributed by atoms with Crippen molar-refractivity contribution in [3.63, 3.8) is 0 Å². The molecule has 0 bridgehead atoms. The molecular formula is C10H16N2O3S. The lowest BCUT2D eigenvalue weighted by Crippen LogP contribution is -2.08. The summed E-state index contributed by atoms with van der Waals surface area (Å²) in [6, 6.07) is 4.72. The molecule has 0 saturated carbocycles. The van der Waals surface area contributed by atoms with Crippen LogP contribution in [-0.2, 0) is 23.0 Å². The molecule has 0 aliphatic carbocycles. The zero-order valence-electron chi connectivity index (χ0n) is 8.89. The largest absolute Gasteiger partial charge is 0.330 e. The van der Waals surface area contributed by atoms with Gasteiger partial charge in [0.05, 0.1) is 4.90 Å². The molecule has 90 valence electrons. The van der Waals surface area contributed by atoms with Gasteiger partial charge in [-0.05, 0) is 49.2 Å². The van der Waals surface area contributed by atoms with Crippen molar-refractivity contribution in [2.24, 2.45) is 11.5 Å². The van der Waals surface area contributed by atoms with Gasteiger partial charge < -0.3 is 11.5 Å². The summed E-state index contributed by atoms with van der Waals surface area (Å²) in [5.41, 5.74) is 12.4. The van der Waals surface area contributed by atoms with Crippen LogP contribution in [0.1, 0.15) is 11.1 Å². The SMILES string of the molecule is NCCc1cc(CCN)cc(S(=O)(=O)O)c1. The van der Waals surface area contributed by atoms with Crippen LogP contribution in [0.3, 0.4) is 0 Å². The minimum Gasteiger partial charge on any atom is -0.330 e. The normalized spacial score (nSPS) is 11.7. The molecule has 5 nitrogen and oxygen atoms in total. The van der Waals surface area contributed by atoms with Crippen molar-refractivity contribution in [3.8, 4) is 0 Å². The maximum Gasteiger partial charge on any atom is 0.294 e. The smallest absolute Gasteiger partial charge is 0.294 e. The van der Waals surface area contributed by atoms with Gasteiger partial charge in [-0.15, -0.1) is 0 Å². The lowest BCUT2D eigenvalue weighted by Gasteiger charge is -2.06. The Kier molecular flexibility index (Phi) is 4.43. The standard InChI is InChI=1S/C10H16N2O3S/c11-3-1-8-5-9(2-4-12)7-10(6-8)16(13,14)15/h5-7H,1-4,11-12H2,(H,13,14,15). The van der Waals surface area contributed by atoms with Crippen LogP contribution < -0.4 is 11.5 Å². The third-order valence-corrected chi connectivity index (χ3v) is 3.02. The van der Waals surface area contributed by atoms with E-state index in [0.717, 1.165) is 11.1 Å². The van der Waals surface area contributed by atoms with E-state index in [9.17, 15) is 8.42 Å². The third kappa shape index (κ3) is 3.57. The highest BCUT2D eigenvalue weighted by Gasteiger charge is 2.11. The van der Waals surface area contributed by atoms with Crippen LogP contribution in [0.15, 0.2) is 23.1 Å². The van der Waals surface area contributed by atoms with Crippen molar-refractivity contribution >= 4 is 10.1 Å². The van der Waals surface area contributed by atoms with Gasteiger partial charge in [0.2, 0.25) is 0 Å². The Hall–Kier alpha value is -0.950. The van der Waals surface area contributed by atoms with E-state index in [-0.39, 0.29) is 4.90 Å². The molecule has 0 aromatic heterocycles. The second-order valence-corrected chi connectivity index (χ2v) is 4.96. The van der Waals surface area contributed by atoms with Crippen molar-refractivity contribution in [2.75, 3.05) is 13.1 Å². The second kappa shape index (κ2) is 5.40. The highest BCUT2D eigenvalue weighted by atomic mass is 32.2. The zero-order chi connectivity index (χ0) is 12.2. The van der Waals surface area contributed by atoms with Gasteiger partial charge in [0.25, 0.3) is 10.1 Å². The molecule has 0 heterocycles. The number of benzene rings is 1. The van der Waals surface area contributed by atoms with E-state index in [1.807, 2.05) is 6.07 Å². The lowest BCUT2D eigenvalue weighted by molar-refractivity contribution is 0.483. The first kappa shape index (κ1) is 13.1. The molecule has 16 heavy (non-hydrogen) atoms. The van der Waals surface area contributed by atoms with Crippen LogP contribution in [-0.4, -0.2) is 26.1 Å². The lowest BCUT2D eigenvalue weighted by atomic mass is 10.1. The van der Waals surface area contributed by atoms with Crippen LogP contribution in [0.25, 0.3) is 0 Å². The molecule has 1 aromatic carbocycles. The molecule has 0 aliphatic rings. The summed E-state index contributed by atoms with van der Waals surface area (Å²) >= 11 is 0. The average Bonchev–Trinajstić information content (AvgIpc) is 2.17. The summed E-state index contributed by atoms with van der Waals surface area (Å²) in [6.07, 6.45) is 1.14. The Bertz CT molecular complexity index is 433. The number of hydrogen-bond donors (Lipinski definition) is 3. The first-order chi connectivity index (χ1) is 7.47. The molecule has 0 radical (unpaired) electrons. The molecule has 0 amide bonds. The van der Waals surface area contributed by atoms with E-state index in [1.54, 1.807) is 0 Å². The molecule has 1 aromatic rings. The van der Waals surface area contributed by atoms with Crippen molar-refractivity contribution < 1.29 is 13.0 Å². The molecule has 6 heteroatoms. The number of nitrogens with two attached hydrogens (primary N) is 2. The summed E-state index contributed by atoms with van der Waals surface area (Å²) in [4.78, 5) is -0.0955. The van der Waals surface area contributed by atoms with Crippen LogP contribution in [0.2, 0.25) is 0 Å². The van der Waals surface area contributed by atoms with Gasteiger partial charge in [-0.1, -0.05) is 6.07 Å². The average molecular weight is 244 g/mol. The minimum atomic E-state index is -4.17. The second-order valence-electron chi connectivity index (χ2n) is 3.54. The van der Waals surface area contributed by atoms with Gasteiger partial charge in [0.15, 0.2) is 0 Å². The fourth-order valence-electron chi connectivity index (χ4n) is 1.50. The van der Waals surface area contributed by atoms with E-state index in [1.165, 1.54) is 12.1 Å². The minimum absolute atomic E-state index is 0.0955. The fraction of sp³-hybridized carbons (Fsp3) is 0.400. The summed E-state index contributed by atoms with van der Waals surface area (Å²) in [6.45, 7) is 0.855. The van der Waals surface area contributed by atoms with E-state index in [0.29, 0.717) is 25.9 Å². The van der Waals surface area contributed by atoms with E-state index < -0.39 is 10.1 Å². The summed E-state index contributed by atoms with van der Waals surface area (Å²) in [5.74, 6) is 0. The first-order valence-electron chi connectivity index (χ1n) is 4.98. The van der Waals surface area contributed by atoms with E-state index >= 15 is 0 Å². The van der Waals surface area contributed by atoms with Crippen molar-refractivity contribution in [1.29, 1.82) is 0 Å². The van der Waals surface area contributed by atoms with Crippen molar-refractivity contribution in [3.05, 3.63) is 29.3 Å². The van der Waals surface area contributed by atoms with Crippen LogP contribution in [0, 0.1) is 0 Å². The Morgan fingerprint density at radius 1 is 1.00 bits per heavy atom. The van der Waals surface area contributed by atoms with Crippen molar-refractivity contribution in [2.45, 2.75) is 17.7 Å². The predicted molar refractivity (Wildman–Crippen MR) is 61.8 cm³/mol. The van der Waals surface area contributed by atoms with Gasteiger partial charge >= 0.3 is 0 Å². The van der Waals surface area contributed by atoms with Gasteiger partial charge in [-0.25, -0.2) is 0 Å². The molecular weight excluding hydrogens is 228 g/mol. The van der Waals surface area contributed by atoms with Crippen molar-refractivity contribution in [1.82, 2.24) is 0 Å². The van der Waals surface area contributed by atoms with Gasteiger partial charge in [0, 0.05) is 0 Å². The topological polar surface area (TPSA) is 106 Å². The molecule has 0 aliphatic heterocycles. The van der Waals surface area contributed by atoms with Gasteiger partial charge in [-0.3, -0.25) is 4.55 Å². The first-order valence-corrected chi connectivity index (χ1v) is 6.42. The molecule has 0 unspecified atom stereocenters. The molecule has 0 fully saturated rings. The van der Waals surface area contributed by atoms with E-state index in [4.69, 9.17) is 16.0 Å². The van der Waals surface area contributed by atoms with Crippen LogP contribution >= 0.6 is 0 Å². The maximum atomic E-state index is 11.0. The van der Waals surface area contributed by atoms with Crippen LogP contribution in [0.5, 0.6) is 0 Å². The molecule has 0 saturated heterocycles. The summed E-state index contributed by atoms with van der Waals surface area (Å²) in [7, 11) is -4.17. The molecule has 1 rings (SSSR count). The quantitative estimate of drug-likeness (QED) is 0.629. The highest BCUT2D eigenvalue weighted by molar-refractivity contribution is 7.85.